The topological polar surface area (TPSA) is 88.2 Å². The number of nitrogens with zero attached hydrogens (tertiary/aromatic N) is 1. The molecule has 2 N–H and O–H groups in total. The molecule has 0 atom stereocenters. The summed E-state index contributed by atoms with van der Waals surface area (Å²) in [6.45, 7) is 3.51. The highest BCUT2D eigenvalue weighted by Crippen LogP contribution is 2.16. The zero-order valence-corrected chi connectivity index (χ0v) is 15.2. The highest BCUT2D eigenvalue weighted by Gasteiger charge is 2.15. The lowest BCUT2D eigenvalue weighted by Crippen LogP contribution is -2.30. The Bertz CT molecular complexity index is 1050. The first-order chi connectivity index (χ1) is 12.3. The number of pyridine rings is 1. The van der Waals surface area contributed by atoms with Gasteiger partial charge in [-0.05, 0) is 50.2 Å². The second-order valence-corrected chi connectivity index (χ2v) is 7.86. The van der Waals surface area contributed by atoms with Crippen molar-refractivity contribution in [2.45, 2.75) is 24.8 Å². The van der Waals surface area contributed by atoms with Gasteiger partial charge in [0.2, 0.25) is 10.0 Å². The fraction of sp³-hybridized carbons (Fsp3) is 0.158. The van der Waals surface area contributed by atoms with Crippen molar-refractivity contribution in [3.8, 4) is 0 Å². The smallest absolute Gasteiger partial charge is 0.274 e. The van der Waals surface area contributed by atoms with E-state index < -0.39 is 10.0 Å². The second kappa shape index (κ2) is 7.23. The number of amides is 1. The molecule has 1 amide bonds. The van der Waals surface area contributed by atoms with Crippen molar-refractivity contribution < 1.29 is 13.2 Å². The van der Waals surface area contributed by atoms with Crippen LogP contribution in [0.1, 0.15) is 24.3 Å². The molecule has 0 aliphatic rings. The van der Waals surface area contributed by atoms with Crippen LogP contribution in [0.3, 0.4) is 0 Å². The predicted molar refractivity (Wildman–Crippen MR) is 102 cm³/mol. The lowest BCUT2D eigenvalue weighted by atomic mass is 10.2. The normalized spacial score (nSPS) is 11.7. The first-order valence-corrected chi connectivity index (χ1v) is 9.63. The zero-order chi connectivity index (χ0) is 18.7. The Morgan fingerprint density at radius 2 is 1.65 bits per heavy atom. The number of para-hydroxylation sites is 1. The zero-order valence-electron chi connectivity index (χ0n) is 14.4. The molecular weight excluding hydrogens is 350 g/mol. The van der Waals surface area contributed by atoms with Crippen LogP contribution in [0.15, 0.2) is 65.6 Å². The van der Waals surface area contributed by atoms with E-state index in [0.717, 1.165) is 10.9 Å². The van der Waals surface area contributed by atoms with Gasteiger partial charge in [0.15, 0.2) is 0 Å². The van der Waals surface area contributed by atoms with E-state index in [4.69, 9.17) is 0 Å². The van der Waals surface area contributed by atoms with E-state index in [-0.39, 0.29) is 16.8 Å². The summed E-state index contributed by atoms with van der Waals surface area (Å²) in [6.07, 6.45) is 0. The number of sulfonamides is 1. The summed E-state index contributed by atoms with van der Waals surface area (Å²) in [7, 11) is -3.56. The molecule has 6 nitrogen and oxygen atoms in total. The van der Waals surface area contributed by atoms with E-state index in [1.165, 1.54) is 12.1 Å². The molecular formula is C19H19N3O3S. The number of anilines is 1. The standard InChI is InChI=1S/C19H19N3O3S/c1-13(2)22-26(24,25)16-10-8-15(9-11-16)20-19(23)18-12-7-14-5-3-4-6-17(14)21-18/h3-13,22H,1-2H3,(H,20,23). The average Bonchev–Trinajstić information content (AvgIpc) is 2.60. The van der Waals surface area contributed by atoms with E-state index in [0.29, 0.717) is 11.4 Å². The van der Waals surface area contributed by atoms with Gasteiger partial charge >= 0.3 is 0 Å². The molecule has 0 saturated carbocycles. The van der Waals surface area contributed by atoms with E-state index in [1.807, 2.05) is 30.3 Å². The fourth-order valence-electron chi connectivity index (χ4n) is 2.48. The molecule has 0 unspecified atom stereocenters. The summed E-state index contributed by atoms with van der Waals surface area (Å²) < 4.78 is 26.7. The van der Waals surface area contributed by atoms with Crippen LogP contribution in [0.2, 0.25) is 0 Å². The highest BCUT2D eigenvalue weighted by atomic mass is 32.2. The van der Waals surface area contributed by atoms with Crippen molar-refractivity contribution in [3.63, 3.8) is 0 Å². The number of hydrogen-bond donors (Lipinski definition) is 2. The van der Waals surface area contributed by atoms with Gasteiger partial charge in [0.1, 0.15) is 5.69 Å². The summed E-state index contributed by atoms with van der Waals surface area (Å²) in [5.74, 6) is -0.355. The Hall–Kier alpha value is -2.77. The van der Waals surface area contributed by atoms with E-state index in [1.54, 1.807) is 32.0 Å². The third-order valence-electron chi connectivity index (χ3n) is 3.64. The predicted octanol–water partition coefficient (Wildman–Crippen LogP) is 3.17. The summed E-state index contributed by atoms with van der Waals surface area (Å²) in [5.41, 5.74) is 1.52. The number of rotatable bonds is 5. The number of carbonyl (C=O) groups excluding carboxylic acids is 1. The van der Waals surface area contributed by atoms with Crippen LogP contribution in [0, 0.1) is 0 Å². The van der Waals surface area contributed by atoms with Crippen LogP contribution in [0.4, 0.5) is 5.69 Å². The van der Waals surface area contributed by atoms with E-state index >= 15 is 0 Å². The Kier molecular flexibility index (Phi) is 5.01. The number of benzene rings is 2. The van der Waals surface area contributed by atoms with Crippen LogP contribution in [-0.2, 0) is 10.0 Å². The number of fused-ring (bicyclic) bond motifs is 1. The minimum Gasteiger partial charge on any atom is -0.321 e. The number of nitrogens with one attached hydrogen (secondary N) is 2. The monoisotopic (exact) mass is 369 g/mol. The molecule has 3 rings (SSSR count). The van der Waals surface area contributed by atoms with Crippen molar-refractivity contribution in [1.82, 2.24) is 9.71 Å². The largest absolute Gasteiger partial charge is 0.321 e. The molecule has 26 heavy (non-hydrogen) atoms. The van der Waals surface area contributed by atoms with Crippen LogP contribution >= 0.6 is 0 Å². The van der Waals surface area contributed by atoms with Crippen molar-refractivity contribution in [2.75, 3.05) is 5.32 Å². The van der Waals surface area contributed by atoms with Crippen LogP contribution < -0.4 is 10.0 Å². The van der Waals surface area contributed by atoms with Crippen molar-refractivity contribution >= 4 is 32.5 Å². The number of hydrogen-bond acceptors (Lipinski definition) is 4. The van der Waals surface area contributed by atoms with Crippen LogP contribution in [0.25, 0.3) is 10.9 Å². The molecule has 134 valence electrons. The lowest BCUT2D eigenvalue weighted by molar-refractivity contribution is 0.102. The third-order valence-corrected chi connectivity index (χ3v) is 5.32. The van der Waals surface area contributed by atoms with Crippen LogP contribution in [0.5, 0.6) is 0 Å². The Morgan fingerprint density at radius 3 is 2.35 bits per heavy atom. The highest BCUT2D eigenvalue weighted by molar-refractivity contribution is 7.89. The number of carbonyl (C=O) groups is 1. The maximum Gasteiger partial charge on any atom is 0.274 e. The van der Waals surface area contributed by atoms with Gasteiger partial charge in [0, 0.05) is 17.1 Å². The summed E-state index contributed by atoms with van der Waals surface area (Å²) in [4.78, 5) is 16.9. The van der Waals surface area contributed by atoms with Gasteiger partial charge in [-0.3, -0.25) is 4.79 Å². The van der Waals surface area contributed by atoms with E-state index in [9.17, 15) is 13.2 Å². The Labute approximate surface area is 152 Å². The first kappa shape index (κ1) is 18.0. The molecule has 0 spiro atoms. The van der Waals surface area contributed by atoms with Crippen molar-refractivity contribution in [1.29, 1.82) is 0 Å². The minimum atomic E-state index is -3.56. The van der Waals surface area contributed by atoms with Gasteiger partial charge in [-0.25, -0.2) is 18.1 Å². The van der Waals surface area contributed by atoms with Crippen LogP contribution in [-0.4, -0.2) is 25.4 Å². The van der Waals surface area contributed by atoms with Gasteiger partial charge in [0.25, 0.3) is 5.91 Å². The SMILES string of the molecule is CC(C)NS(=O)(=O)c1ccc(NC(=O)c2ccc3ccccc3n2)cc1. The molecule has 0 aliphatic carbocycles. The second-order valence-electron chi connectivity index (χ2n) is 6.14. The first-order valence-electron chi connectivity index (χ1n) is 8.15. The fourth-order valence-corrected chi connectivity index (χ4v) is 3.73. The quantitative estimate of drug-likeness (QED) is 0.723. The maximum absolute atomic E-state index is 12.4. The molecule has 7 heteroatoms. The molecule has 3 aromatic rings. The molecule has 0 fully saturated rings. The van der Waals surface area contributed by atoms with Gasteiger partial charge in [0.05, 0.1) is 10.4 Å². The van der Waals surface area contributed by atoms with Crippen molar-refractivity contribution in [2.24, 2.45) is 0 Å². The van der Waals surface area contributed by atoms with Gasteiger partial charge in [-0.1, -0.05) is 24.3 Å². The maximum atomic E-state index is 12.4. The van der Waals surface area contributed by atoms with Gasteiger partial charge in [-0.2, -0.15) is 0 Å². The molecule has 0 aliphatic heterocycles. The average molecular weight is 369 g/mol. The Morgan fingerprint density at radius 1 is 0.962 bits per heavy atom. The Balaban J connectivity index is 1.76. The molecule has 0 saturated heterocycles. The molecule has 1 heterocycles. The van der Waals surface area contributed by atoms with Gasteiger partial charge in [-0.15, -0.1) is 0 Å². The van der Waals surface area contributed by atoms with Crippen molar-refractivity contribution in [3.05, 3.63) is 66.4 Å². The van der Waals surface area contributed by atoms with Gasteiger partial charge < -0.3 is 5.32 Å². The molecule has 1 aromatic heterocycles. The third kappa shape index (κ3) is 4.07. The molecule has 2 aromatic carbocycles. The lowest BCUT2D eigenvalue weighted by Gasteiger charge is -2.10. The summed E-state index contributed by atoms with van der Waals surface area (Å²) in [6, 6.07) is 16.8. The summed E-state index contributed by atoms with van der Waals surface area (Å²) in [5, 5.41) is 3.68. The molecule has 0 radical (unpaired) electrons. The van der Waals surface area contributed by atoms with E-state index in [2.05, 4.69) is 15.0 Å². The minimum absolute atomic E-state index is 0.146. The molecule has 0 bridgehead atoms. The summed E-state index contributed by atoms with van der Waals surface area (Å²) >= 11 is 0. The number of aromatic nitrogens is 1.